The lowest BCUT2D eigenvalue weighted by atomic mass is 9.76. The highest BCUT2D eigenvalue weighted by atomic mass is 79.9. The summed E-state index contributed by atoms with van der Waals surface area (Å²) in [7, 11) is 0. The summed E-state index contributed by atoms with van der Waals surface area (Å²) < 4.78 is 11.3. The van der Waals surface area contributed by atoms with Gasteiger partial charge in [-0.05, 0) is 60.3 Å². The molecule has 0 bridgehead atoms. The molecule has 1 aromatic heterocycles. The molecule has 1 aromatic carbocycles. The van der Waals surface area contributed by atoms with Crippen LogP contribution in [0.2, 0.25) is 0 Å². The number of carboxylic acid groups (broad SMARTS) is 1. The van der Waals surface area contributed by atoms with Gasteiger partial charge in [0.25, 0.3) is 5.91 Å². The second kappa shape index (κ2) is 6.87. The third-order valence-corrected chi connectivity index (χ3v) is 4.83. The summed E-state index contributed by atoms with van der Waals surface area (Å²) >= 11 is 3.37. The van der Waals surface area contributed by atoms with E-state index in [1.807, 2.05) is 6.92 Å². The maximum atomic E-state index is 12.3. The Morgan fingerprint density at radius 2 is 2.16 bits per heavy atom. The fraction of sp³-hybridized carbons (Fsp3) is 0.353. The smallest absolute Gasteiger partial charge is 0.329 e. The minimum atomic E-state index is -1.14. The van der Waals surface area contributed by atoms with Gasteiger partial charge in [-0.25, -0.2) is 4.79 Å². The average molecular weight is 409 g/mol. The Morgan fingerprint density at radius 1 is 1.40 bits per heavy atom. The molecule has 3 rings (SSSR count). The van der Waals surface area contributed by atoms with Crippen molar-refractivity contribution < 1.29 is 24.0 Å². The van der Waals surface area contributed by atoms with Gasteiger partial charge in [-0.3, -0.25) is 4.79 Å². The Balaban J connectivity index is 1.66. The number of carbonyl (C=O) groups is 2. The summed E-state index contributed by atoms with van der Waals surface area (Å²) in [6.45, 7) is 2.04. The molecule has 1 saturated carbocycles. The Labute approximate surface area is 152 Å². The molecule has 1 heterocycles. The van der Waals surface area contributed by atoms with E-state index in [1.54, 1.807) is 24.3 Å². The van der Waals surface area contributed by atoms with Gasteiger partial charge in [0.2, 0.25) is 0 Å². The molecule has 8 heteroatoms. The van der Waals surface area contributed by atoms with Crippen LogP contribution in [-0.2, 0) is 11.4 Å². The van der Waals surface area contributed by atoms with E-state index in [4.69, 9.17) is 9.26 Å². The van der Waals surface area contributed by atoms with Gasteiger partial charge in [-0.15, -0.1) is 0 Å². The molecule has 0 unspecified atom stereocenters. The maximum absolute atomic E-state index is 12.3. The predicted molar refractivity (Wildman–Crippen MR) is 91.4 cm³/mol. The summed E-state index contributed by atoms with van der Waals surface area (Å²) in [5.74, 6) is -0.268. The molecule has 0 radical (unpaired) electrons. The summed E-state index contributed by atoms with van der Waals surface area (Å²) in [5.41, 5.74) is -0.00150. The van der Waals surface area contributed by atoms with Gasteiger partial charge >= 0.3 is 5.97 Å². The fourth-order valence-electron chi connectivity index (χ4n) is 2.60. The topological polar surface area (TPSA) is 102 Å². The number of ether oxygens (including phenoxy) is 1. The lowest BCUT2D eigenvalue weighted by Crippen LogP contribution is -2.59. The van der Waals surface area contributed by atoms with Crippen molar-refractivity contribution in [1.82, 2.24) is 10.5 Å². The number of carboxylic acids is 1. The Morgan fingerprint density at radius 3 is 2.68 bits per heavy atom. The Kier molecular flexibility index (Phi) is 4.80. The average Bonchev–Trinajstić information content (AvgIpc) is 2.94. The van der Waals surface area contributed by atoms with Crippen molar-refractivity contribution in [1.29, 1.82) is 0 Å². The monoisotopic (exact) mass is 408 g/mol. The predicted octanol–water partition coefficient (Wildman–Crippen LogP) is 3.06. The van der Waals surface area contributed by atoms with Crippen molar-refractivity contribution in [2.24, 2.45) is 0 Å². The van der Waals surface area contributed by atoms with Crippen molar-refractivity contribution in [2.45, 2.75) is 38.3 Å². The van der Waals surface area contributed by atoms with Crippen molar-refractivity contribution in [3.05, 3.63) is 45.8 Å². The van der Waals surface area contributed by atoms with Crippen LogP contribution < -0.4 is 10.1 Å². The first kappa shape index (κ1) is 17.5. The summed E-state index contributed by atoms with van der Waals surface area (Å²) in [5, 5.41) is 15.7. The van der Waals surface area contributed by atoms with Crippen LogP contribution in [0.1, 0.15) is 41.1 Å². The van der Waals surface area contributed by atoms with Crippen LogP contribution in [0.5, 0.6) is 5.75 Å². The van der Waals surface area contributed by atoms with Crippen LogP contribution in [0.15, 0.2) is 33.3 Å². The lowest BCUT2D eigenvalue weighted by molar-refractivity contribution is -0.148. The van der Waals surface area contributed by atoms with Crippen LogP contribution in [0.3, 0.4) is 0 Å². The highest BCUT2D eigenvalue weighted by molar-refractivity contribution is 9.10. The third kappa shape index (κ3) is 3.68. The quantitative estimate of drug-likeness (QED) is 0.761. The zero-order chi connectivity index (χ0) is 18.0. The first-order valence-electron chi connectivity index (χ1n) is 7.80. The number of halogens is 1. The summed E-state index contributed by atoms with van der Waals surface area (Å²) in [6.07, 6.45) is 1.70. The molecule has 1 amide bonds. The Hall–Kier alpha value is -2.35. The van der Waals surface area contributed by atoms with Crippen LogP contribution in [0, 0.1) is 6.92 Å². The van der Waals surface area contributed by atoms with Crippen LogP contribution in [-0.4, -0.2) is 27.7 Å². The van der Waals surface area contributed by atoms with Gasteiger partial charge < -0.3 is 19.7 Å². The maximum Gasteiger partial charge on any atom is 0.329 e. The minimum Gasteiger partial charge on any atom is -0.484 e. The summed E-state index contributed by atoms with van der Waals surface area (Å²) in [4.78, 5) is 23.7. The molecular formula is C17H17BrN2O5. The molecule has 1 aliphatic rings. The van der Waals surface area contributed by atoms with E-state index in [-0.39, 0.29) is 6.61 Å². The second-order valence-corrected chi connectivity index (χ2v) is 6.92. The minimum absolute atomic E-state index is 0.215. The number of nitrogens with zero attached hydrogens (tertiary/aromatic N) is 1. The number of amides is 1. The molecule has 132 valence electrons. The normalized spacial score (nSPS) is 15.3. The van der Waals surface area contributed by atoms with Gasteiger partial charge in [0, 0.05) is 11.6 Å². The second-order valence-electron chi connectivity index (χ2n) is 6.06. The Bertz CT molecular complexity index is 813. The van der Waals surface area contributed by atoms with Crippen LogP contribution in [0.25, 0.3) is 0 Å². The molecule has 1 aliphatic carbocycles. The van der Waals surface area contributed by atoms with Crippen LogP contribution >= 0.6 is 15.9 Å². The van der Waals surface area contributed by atoms with Crippen molar-refractivity contribution in [3.63, 3.8) is 0 Å². The fourth-order valence-corrected chi connectivity index (χ4v) is 3.10. The number of aliphatic carboxylic acids is 1. The van der Waals surface area contributed by atoms with Gasteiger partial charge in [-0.1, -0.05) is 5.16 Å². The molecule has 1 fully saturated rings. The third-order valence-electron chi connectivity index (χ3n) is 4.21. The number of hydrogen-bond donors (Lipinski definition) is 2. The highest BCUT2D eigenvalue weighted by Crippen LogP contribution is 2.33. The van der Waals surface area contributed by atoms with Crippen molar-refractivity contribution >= 4 is 27.8 Å². The van der Waals surface area contributed by atoms with Gasteiger partial charge in [0.05, 0.1) is 10.2 Å². The number of aryl methyl sites for hydroxylation is 1. The van der Waals surface area contributed by atoms with E-state index in [9.17, 15) is 14.7 Å². The number of hydrogen-bond acceptors (Lipinski definition) is 5. The number of rotatable bonds is 6. The first-order chi connectivity index (χ1) is 11.9. The molecule has 2 aromatic rings. The van der Waals surface area contributed by atoms with E-state index in [0.29, 0.717) is 34.4 Å². The number of benzene rings is 1. The van der Waals surface area contributed by atoms with E-state index in [2.05, 4.69) is 26.4 Å². The van der Waals surface area contributed by atoms with Crippen LogP contribution in [0.4, 0.5) is 0 Å². The van der Waals surface area contributed by atoms with E-state index in [0.717, 1.165) is 12.1 Å². The molecule has 2 N–H and O–H groups in total. The van der Waals surface area contributed by atoms with Crippen molar-refractivity contribution in [3.8, 4) is 5.75 Å². The van der Waals surface area contributed by atoms with E-state index >= 15 is 0 Å². The van der Waals surface area contributed by atoms with Gasteiger partial charge in [0.1, 0.15) is 17.9 Å². The first-order valence-corrected chi connectivity index (χ1v) is 8.59. The highest BCUT2D eigenvalue weighted by Gasteiger charge is 2.45. The van der Waals surface area contributed by atoms with Crippen molar-refractivity contribution in [2.75, 3.05) is 0 Å². The zero-order valence-electron chi connectivity index (χ0n) is 13.5. The van der Waals surface area contributed by atoms with Gasteiger partial charge in [0.15, 0.2) is 5.76 Å². The van der Waals surface area contributed by atoms with Gasteiger partial charge in [-0.2, -0.15) is 0 Å². The number of aromatic nitrogens is 1. The number of nitrogens with one attached hydrogen (secondary N) is 1. The van der Waals surface area contributed by atoms with E-state index in [1.165, 1.54) is 0 Å². The molecule has 7 nitrogen and oxygen atoms in total. The summed E-state index contributed by atoms with van der Waals surface area (Å²) in [6, 6.07) is 6.62. The molecule has 0 aliphatic heterocycles. The molecule has 0 spiro atoms. The standard InChI is InChI=1S/C17H17BrN2O5/c1-10-7-12(25-20-10)9-24-14-4-3-11(8-13(14)18)15(21)19-17(16(22)23)5-2-6-17/h3-4,7-8H,2,5-6,9H2,1H3,(H,19,21)(H,22,23). The zero-order valence-corrected chi connectivity index (χ0v) is 15.1. The SMILES string of the molecule is Cc1cc(COc2ccc(C(=O)NC3(C(=O)O)CCC3)cc2Br)on1. The molecule has 0 atom stereocenters. The lowest BCUT2D eigenvalue weighted by Gasteiger charge is -2.38. The molecule has 0 saturated heterocycles. The molecular weight excluding hydrogens is 392 g/mol. The molecule has 25 heavy (non-hydrogen) atoms. The largest absolute Gasteiger partial charge is 0.484 e. The number of carbonyl (C=O) groups excluding carboxylic acids is 1. The van der Waals surface area contributed by atoms with E-state index < -0.39 is 17.4 Å².